The number of benzene rings is 1. The van der Waals surface area contributed by atoms with Gasteiger partial charge in [0, 0.05) is 5.02 Å². The molecule has 1 rings (SSSR count). The fourth-order valence-electron chi connectivity index (χ4n) is 2.71. The van der Waals surface area contributed by atoms with E-state index in [4.69, 9.17) is 21.4 Å². The Morgan fingerprint density at radius 3 is 2.52 bits per heavy atom. The number of carboxylic acids is 1. The van der Waals surface area contributed by atoms with Crippen LogP contribution in [0.4, 0.5) is 0 Å². The van der Waals surface area contributed by atoms with Crippen molar-refractivity contribution in [1.29, 1.82) is 0 Å². The monoisotopic (exact) mass is 312 g/mol. The predicted molar refractivity (Wildman–Crippen MR) is 86.3 cm³/mol. The van der Waals surface area contributed by atoms with Crippen molar-refractivity contribution in [1.82, 2.24) is 0 Å². The summed E-state index contributed by atoms with van der Waals surface area (Å²) in [5.74, 6) is 0.114. The number of ether oxygens (including phenoxy) is 1. The second-order valence-electron chi connectivity index (χ2n) is 6.91. The average Bonchev–Trinajstić information content (AvgIpc) is 2.31. The molecule has 4 heteroatoms. The topological polar surface area (TPSA) is 46.5 Å². The van der Waals surface area contributed by atoms with E-state index < -0.39 is 5.97 Å². The highest BCUT2D eigenvalue weighted by molar-refractivity contribution is 6.31. The molecule has 0 aliphatic rings. The van der Waals surface area contributed by atoms with Crippen LogP contribution in [-0.4, -0.2) is 17.7 Å². The lowest BCUT2D eigenvalue weighted by molar-refractivity contribution is -0.139. The number of aliphatic carboxylic acids is 1. The maximum Gasteiger partial charge on any atom is 0.341 e. The number of carbonyl (C=O) groups is 1. The minimum absolute atomic E-state index is 0.275. The minimum atomic E-state index is -0.980. The van der Waals surface area contributed by atoms with Crippen molar-refractivity contribution in [2.75, 3.05) is 6.61 Å². The molecule has 1 N–H and O–H groups in total. The van der Waals surface area contributed by atoms with E-state index in [1.54, 1.807) is 12.1 Å². The summed E-state index contributed by atoms with van der Waals surface area (Å²) in [5, 5.41) is 9.43. The SMILES string of the molecule is Cc1c(OCC(=O)O)ccc(Cl)c1CC(C)CC(C)(C)C. The van der Waals surface area contributed by atoms with Gasteiger partial charge in [-0.2, -0.15) is 0 Å². The quantitative estimate of drug-likeness (QED) is 0.826. The molecule has 3 nitrogen and oxygen atoms in total. The van der Waals surface area contributed by atoms with E-state index in [9.17, 15) is 4.79 Å². The number of halogens is 1. The van der Waals surface area contributed by atoms with E-state index in [0.29, 0.717) is 11.7 Å². The molecule has 21 heavy (non-hydrogen) atoms. The Labute approximate surface area is 132 Å². The zero-order chi connectivity index (χ0) is 16.2. The largest absolute Gasteiger partial charge is 0.482 e. The standard InChI is InChI=1S/C17H25ClO3/c1-11(9-17(3,4)5)8-13-12(2)15(7-6-14(13)18)21-10-16(19)20/h6-7,11H,8-10H2,1-5H3,(H,19,20). The van der Waals surface area contributed by atoms with Crippen molar-refractivity contribution in [2.24, 2.45) is 11.3 Å². The van der Waals surface area contributed by atoms with Crippen LogP contribution in [0.3, 0.4) is 0 Å². The van der Waals surface area contributed by atoms with Gasteiger partial charge in [0.2, 0.25) is 0 Å². The van der Waals surface area contributed by atoms with E-state index >= 15 is 0 Å². The molecule has 0 heterocycles. The highest BCUT2D eigenvalue weighted by Gasteiger charge is 2.18. The fourth-order valence-corrected chi connectivity index (χ4v) is 3.00. The Hall–Kier alpha value is -1.22. The number of hydrogen-bond acceptors (Lipinski definition) is 2. The molecule has 1 atom stereocenters. The zero-order valence-corrected chi connectivity index (χ0v) is 14.3. The highest BCUT2D eigenvalue weighted by atomic mass is 35.5. The minimum Gasteiger partial charge on any atom is -0.482 e. The molecule has 0 aliphatic heterocycles. The van der Waals surface area contributed by atoms with Gasteiger partial charge in [-0.25, -0.2) is 4.79 Å². The van der Waals surface area contributed by atoms with Crippen LogP contribution in [-0.2, 0) is 11.2 Å². The van der Waals surface area contributed by atoms with E-state index in [-0.39, 0.29) is 12.0 Å². The van der Waals surface area contributed by atoms with Crippen molar-refractivity contribution >= 4 is 17.6 Å². The smallest absolute Gasteiger partial charge is 0.341 e. The van der Waals surface area contributed by atoms with E-state index in [1.165, 1.54) is 0 Å². The first-order chi connectivity index (χ1) is 9.60. The van der Waals surface area contributed by atoms with Gasteiger partial charge in [-0.05, 0) is 54.4 Å². The molecule has 0 fully saturated rings. The lowest BCUT2D eigenvalue weighted by Gasteiger charge is -2.24. The highest BCUT2D eigenvalue weighted by Crippen LogP contribution is 2.33. The van der Waals surface area contributed by atoms with Crippen LogP contribution in [0, 0.1) is 18.3 Å². The van der Waals surface area contributed by atoms with Gasteiger partial charge in [-0.3, -0.25) is 0 Å². The number of hydrogen-bond donors (Lipinski definition) is 1. The Morgan fingerprint density at radius 1 is 1.38 bits per heavy atom. The Morgan fingerprint density at radius 2 is 2.00 bits per heavy atom. The average molecular weight is 313 g/mol. The molecule has 1 aromatic carbocycles. The van der Waals surface area contributed by atoms with Crippen molar-refractivity contribution < 1.29 is 14.6 Å². The summed E-state index contributed by atoms with van der Waals surface area (Å²) in [7, 11) is 0. The van der Waals surface area contributed by atoms with Crippen LogP contribution in [0.15, 0.2) is 12.1 Å². The van der Waals surface area contributed by atoms with Crippen molar-refractivity contribution in [3.05, 3.63) is 28.3 Å². The summed E-state index contributed by atoms with van der Waals surface area (Å²) in [6.07, 6.45) is 1.97. The summed E-state index contributed by atoms with van der Waals surface area (Å²) in [6, 6.07) is 3.52. The molecule has 0 aromatic heterocycles. The van der Waals surface area contributed by atoms with Crippen LogP contribution in [0.2, 0.25) is 5.02 Å². The zero-order valence-electron chi connectivity index (χ0n) is 13.5. The van der Waals surface area contributed by atoms with Gasteiger partial charge < -0.3 is 9.84 Å². The van der Waals surface area contributed by atoms with Crippen LogP contribution in [0.5, 0.6) is 5.75 Å². The molecule has 0 radical (unpaired) electrons. The van der Waals surface area contributed by atoms with Crippen LogP contribution in [0.1, 0.15) is 45.2 Å². The van der Waals surface area contributed by atoms with Gasteiger partial charge in [0.05, 0.1) is 0 Å². The first-order valence-corrected chi connectivity index (χ1v) is 7.60. The van der Waals surface area contributed by atoms with Crippen molar-refractivity contribution in [2.45, 2.75) is 47.5 Å². The van der Waals surface area contributed by atoms with Crippen LogP contribution >= 0.6 is 11.6 Å². The van der Waals surface area contributed by atoms with Gasteiger partial charge in [-0.15, -0.1) is 0 Å². The molecule has 0 amide bonds. The first-order valence-electron chi connectivity index (χ1n) is 7.22. The molecule has 0 saturated carbocycles. The summed E-state index contributed by atoms with van der Waals surface area (Å²) in [5.41, 5.74) is 2.26. The van der Waals surface area contributed by atoms with Gasteiger partial charge in [0.1, 0.15) is 5.75 Å². The summed E-state index contributed by atoms with van der Waals surface area (Å²) >= 11 is 6.31. The third-order valence-corrected chi connectivity index (χ3v) is 3.71. The van der Waals surface area contributed by atoms with E-state index in [0.717, 1.165) is 29.0 Å². The van der Waals surface area contributed by atoms with Gasteiger partial charge in [-0.1, -0.05) is 39.3 Å². The Bertz CT molecular complexity index is 503. The lowest BCUT2D eigenvalue weighted by Crippen LogP contribution is -2.14. The van der Waals surface area contributed by atoms with Gasteiger partial charge in [0.25, 0.3) is 0 Å². The molecule has 0 aliphatic carbocycles. The summed E-state index contributed by atoms with van der Waals surface area (Å²) in [6.45, 7) is 10.5. The molecule has 0 bridgehead atoms. The third-order valence-electron chi connectivity index (χ3n) is 3.36. The Balaban J connectivity index is 2.90. The van der Waals surface area contributed by atoms with E-state index in [1.807, 2.05) is 6.92 Å². The molecule has 0 spiro atoms. The van der Waals surface area contributed by atoms with E-state index in [2.05, 4.69) is 27.7 Å². The van der Waals surface area contributed by atoms with Crippen LogP contribution < -0.4 is 4.74 Å². The predicted octanol–water partition coefficient (Wildman–Crippen LogP) is 4.73. The number of carboxylic acid groups (broad SMARTS) is 1. The number of rotatable bonds is 6. The first kappa shape index (κ1) is 17.8. The summed E-state index contributed by atoms with van der Waals surface area (Å²) in [4.78, 5) is 10.6. The maximum atomic E-state index is 10.6. The normalized spacial score (nSPS) is 13.0. The van der Waals surface area contributed by atoms with Gasteiger partial charge in [0.15, 0.2) is 6.61 Å². The third kappa shape index (κ3) is 5.96. The Kier molecular flexibility index (Phi) is 6.09. The molecular formula is C17H25ClO3. The summed E-state index contributed by atoms with van der Waals surface area (Å²) < 4.78 is 5.32. The second-order valence-corrected chi connectivity index (χ2v) is 7.31. The van der Waals surface area contributed by atoms with Gasteiger partial charge >= 0.3 is 5.97 Å². The second kappa shape index (κ2) is 7.17. The molecule has 1 aromatic rings. The molecule has 118 valence electrons. The maximum absolute atomic E-state index is 10.6. The molecular weight excluding hydrogens is 288 g/mol. The molecule has 1 unspecified atom stereocenters. The van der Waals surface area contributed by atoms with Crippen molar-refractivity contribution in [3.63, 3.8) is 0 Å². The van der Waals surface area contributed by atoms with Crippen molar-refractivity contribution in [3.8, 4) is 5.75 Å². The lowest BCUT2D eigenvalue weighted by atomic mass is 9.82. The van der Waals surface area contributed by atoms with Crippen LogP contribution in [0.25, 0.3) is 0 Å². The molecule has 0 saturated heterocycles. The fraction of sp³-hybridized carbons (Fsp3) is 0.588.